The van der Waals surface area contributed by atoms with Gasteiger partial charge in [0.05, 0.1) is 4.88 Å². The molecule has 1 heterocycles. The summed E-state index contributed by atoms with van der Waals surface area (Å²) >= 11 is 7.28. The summed E-state index contributed by atoms with van der Waals surface area (Å²) in [5.41, 5.74) is 2.93. The van der Waals surface area contributed by atoms with E-state index in [2.05, 4.69) is 5.32 Å². The summed E-state index contributed by atoms with van der Waals surface area (Å²) in [5.74, 6) is 0.379. The molecule has 0 radical (unpaired) electrons. The Morgan fingerprint density at radius 2 is 2.11 bits per heavy atom. The number of aryl methyl sites for hydroxylation is 2. The fourth-order valence-corrected chi connectivity index (χ4v) is 2.71. The second-order valence-corrected chi connectivity index (χ2v) is 5.66. The van der Waals surface area contributed by atoms with Crippen molar-refractivity contribution in [3.8, 4) is 0 Å². The standard InChI is InChI=1S/C14H14ClNOS/c1-9-6-13(18-10(9)2)14(17)16-12-5-3-4-11(7-12)8-15/h3-7H,8H2,1-2H3,(H,16,17). The van der Waals surface area contributed by atoms with Crippen LogP contribution in [0.15, 0.2) is 30.3 Å². The summed E-state index contributed by atoms with van der Waals surface area (Å²) < 4.78 is 0. The molecule has 0 saturated carbocycles. The molecule has 0 aliphatic rings. The predicted octanol–water partition coefficient (Wildman–Crippen LogP) is 4.36. The normalized spacial score (nSPS) is 10.4. The Hall–Kier alpha value is -1.32. The number of hydrogen-bond acceptors (Lipinski definition) is 2. The molecule has 0 spiro atoms. The average molecular weight is 280 g/mol. The topological polar surface area (TPSA) is 29.1 Å². The van der Waals surface area contributed by atoms with Gasteiger partial charge in [0, 0.05) is 16.4 Å². The molecule has 1 N–H and O–H groups in total. The second-order valence-electron chi connectivity index (χ2n) is 4.14. The maximum Gasteiger partial charge on any atom is 0.265 e. The highest BCUT2D eigenvalue weighted by Gasteiger charge is 2.10. The van der Waals surface area contributed by atoms with Gasteiger partial charge in [0.15, 0.2) is 0 Å². The predicted molar refractivity (Wildman–Crippen MR) is 77.7 cm³/mol. The van der Waals surface area contributed by atoms with Gasteiger partial charge in [0.1, 0.15) is 0 Å². The Kier molecular flexibility index (Phi) is 4.04. The lowest BCUT2D eigenvalue weighted by Gasteiger charge is -2.04. The van der Waals surface area contributed by atoms with Crippen LogP contribution in [0.4, 0.5) is 5.69 Å². The van der Waals surface area contributed by atoms with Gasteiger partial charge in [-0.3, -0.25) is 4.79 Å². The molecule has 0 saturated heterocycles. The Balaban J connectivity index is 2.15. The second kappa shape index (κ2) is 5.55. The van der Waals surface area contributed by atoms with E-state index in [9.17, 15) is 4.79 Å². The number of anilines is 1. The van der Waals surface area contributed by atoms with Crippen molar-refractivity contribution >= 4 is 34.5 Å². The molecule has 18 heavy (non-hydrogen) atoms. The summed E-state index contributed by atoms with van der Waals surface area (Å²) in [6, 6.07) is 9.49. The SMILES string of the molecule is Cc1cc(C(=O)Nc2cccc(CCl)c2)sc1C. The molecule has 1 aromatic carbocycles. The molecule has 0 unspecified atom stereocenters. The third-order valence-corrected chi connectivity index (χ3v) is 4.19. The Labute approximate surface area is 116 Å². The van der Waals surface area contributed by atoms with Crippen LogP contribution in [0.1, 0.15) is 25.7 Å². The van der Waals surface area contributed by atoms with E-state index in [1.807, 2.05) is 44.2 Å². The van der Waals surface area contributed by atoms with Crippen LogP contribution in [0.2, 0.25) is 0 Å². The van der Waals surface area contributed by atoms with E-state index in [-0.39, 0.29) is 5.91 Å². The first kappa shape index (κ1) is 13.1. The van der Waals surface area contributed by atoms with Crippen molar-refractivity contribution < 1.29 is 4.79 Å². The third kappa shape index (κ3) is 2.92. The summed E-state index contributed by atoms with van der Waals surface area (Å²) in [4.78, 5) is 14.0. The van der Waals surface area contributed by atoms with E-state index >= 15 is 0 Å². The minimum atomic E-state index is -0.0667. The van der Waals surface area contributed by atoms with Crippen molar-refractivity contribution in [2.24, 2.45) is 0 Å². The monoisotopic (exact) mass is 279 g/mol. The van der Waals surface area contributed by atoms with Crippen molar-refractivity contribution in [1.29, 1.82) is 0 Å². The Bertz CT molecular complexity index is 557. The summed E-state index contributed by atoms with van der Waals surface area (Å²) in [5, 5.41) is 2.89. The number of hydrogen-bond donors (Lipinski definition) is 1. The van der Waals surface area contributed by atoms with Gasteiger partial charge in [-0.05, 0) is 43.2 Å². The molecule has 0 bridgehead atoms. The maximum atomic E-state index is 12.0. The molecule has 0 fully saturated rings. The largest absolute Gasteiger partial charge is 0.321 e. The van der Waals surface area contributed by atoms with E-state index in [1.165, 1.54) is 16.2 Å². The number of amides is 1. The van der Waals surface area contributed by atoms with Crippen molar-refractivity contribution in [3.05, 3.63) is 51.2 Å². The Morgan fingerprint density at radius 1 is 1.33 bits per heavy atom. The first-order valence-electron chi connectivity index (χ1n) is 5.63. The molecule has 2 rings (SSSR count). The highest BCUT2D eigenvalue weighted by molar-refractivity contribution is 7.14. The van der Waals surface area contributed by atoms with E-state index in [0.717, 1.165) is 21.7 Å². The molecule has 2 aromatic rings. The first-order chi connectivity index (χ1) is 8.60. The number of thiophene rings is 1. The van der Waals surface area contributed by atoms with Gasteiger partial charge in [-0.1, -0.05) is 12.1 Å². The molecule has 0 atom stereocenters. The van der Waals surface area contributed by atoms with E-state index in [4.69, 9.17) is 11.6 Å². The van der Waals surface area contributed by atoms with Crippen LogP contribution < -0.4 is 5.32 Å². The number of rotatable bonds is 3. The van der Waals surface area contributed by atoms with Gasteiger partial charge >= 0.3 is 0 Å². The molecule has 1 amide bonds. The highest BCUT2D eigenvalue weighted by atomic mass is 35.5. The van der Waals surface area contributed by atoms with Crippen molar-refractivity contribution in [2.75, 3.05) is 5.32 Å². The maximum absolute atomic E-state index is 12.0. The molecular formula is C14H14ClNOS. The van der Waals surface area contributed by atoms with Crippen LogP contribution in [-0.2, 0) is 5.88 Å². The summed E-state index contributed by atoms with van der Waals surface area (Å²) in [6.45, 7) is 4.03. The van der Waals surface area contributed by atoms with Crippen LogP contribution in [-0.4, -0.2) is 5.91 Å². The number of benzene rings is 1. The van der Waals surface area contributed by atoms with Gasteiger partial charge in [0.25, 0.3) is 5.91 Å². The molecule has 94 valence electrons. The zero-order valence-electron chi connectivity index (χ0n) is 10.3. The van der Waals surface area contributed by atoms with Gasteiger partial charge < -0.3 is 5.32 Å². The fraction of sp³-hybridized carbons (Fsp3) is 0.214. The number of alkyl halides is 1. The van der Waals surface area contributed by atoms with E-state index in [1.54, 1.807) is 0 Å². The zero-order chi connectivity index (χ0) is 13.1. The lowest BCUT2D eigenvalue weighted by atomic mass is 10.2. The molecule has 0 aliphatic heterocycles. The molecule has 0 aliphatic carbocycles. The summed E-state index contributed by atoms with van der Waals surface area (Å²) in [6.07, 6.45) is 0. The minimum absolute atomic E-state index is 0.0667. The number of carbonyl (C=O) groups excluding carboxylic acids is 1. The summed E-state index contributed by atoms with van der Waals surface area (Å²) in [7, 11) is 0. The molecule has 1 aromatic heterocycles. The van der Waals surface area contributed by atoms with Crippen LogP contribution in [0.5, 0.6) is 0 Å². The van der Waals surface area contributed by atoms with Gasteiger partial charge in [-0.25, -0.2) is 0 Å². The van der Waals surface area contributed by atoms with Crippen molar-refractivity contribution in [3.63, 3.8) is 0 Å². The van der Waals surface area contributed by atoms with Crippen LogP contribution in [0.3, 0.4) is 0 Å². The Morgan fingerprint density at radius 3 is 2.72 bits per heavy atom. The molecule has 4 heteroatoms. The van der Waals surface area contributed by atoms with Crippen molar-refractivity contribution in [2.45, 2.75) is 19.7 Å². The van der Waals surface area contributed by atoms with Gasteiger partial charge in [-0.15, -0.1) is 22.9 Å². The third-order valence-electron chi connectivity index (χ3n) is 2.73. The minimum Gasteiger partial charge on any atom is -0.321 e. The quantitative estimate of drug-likeness (QED) is 0.831. The number of carbonyl (C=O) groups is 1. The number of nitrogens with one attached hydrogen (secondary N) is 1. The fourth-order valence-electron chi connectivity index (χ4n) is 1.61. The molecule has 2 nitrogen and oxygen atoms in total. The molecular weight excluding hydrogens is 266 g/mol. The lowest BCUT2D eigenvalue weighted by molar-refractivity contribution is 0.103. The first-order valence-corrected chi connectivity index (χ1v) is 6.98. The lowest BCUT2D eigenvalue weighted by Crippen LogP contribution is -2.10. The smallest absolute Gasteiger partial charge is 0.265 e. The van der Waals surface area contributed by atoms with Gasteiger partial charge in [0.2, 0.25) is 0 Å². The van der Waals surface area contributed by atoms with Crippen LogP contribution in [0.25, 0.3) is 0 Å². The van der Waals surface area contributed by atoms with Gasteiger partial charge in [-0.2, -0.15) is 0 Å². The van der Waals surface area contributed by atoms with Crippen LogP contribution in [0, 0.1) is 13.8 Å². The average Bonchev–Trinajstić information content (AvgIpc) is 2.70. The van der Waals surface area contributed by atoms with E-state index in [0.29, 0.717) is 5.88 Å². The van der Waals surface area contributed by atoms with Crippen molar-refractivity contribution in [1.82, 2.24) is 0 Å². The highest BCUT2D eigenvalue weighted by Crippen LogP contribution is 2.22. The van der Waals surface area contributed by atoms with Crippen LogP contribution >= 0.6 is 22.9 Å². The zero-order valence-corrected chi connectivity index (χ0v) is 11.9. The van der Waals surface area contributed by atoms with E-state index < -0.39 is 0 Å². The number of halogens is 1.